The van der Waals surface area contributed by atoms with Crippen molar-refractivity contribution in [1.82, 2.24) is 5.01 Å². The second-order valence-corrected chi connectivity index (χ2v) is 3.23. The monoisotopic (exact) mass is 141 g/mol. The van der Waals surface area contributed by atoms with Crippen molar-refractivity contribution < 1.29 is 0 Å². The first-order chi connectivity index (χ1) is 4.70. The highest BCUT2D eigenvalue weighted by Gasteiger charge is 2.14. The Kier molecular flexibility index (Phi) is 2.25. The molecule has 0 bridgehead atoms. The summed E-state index contributed by atoms with van der Waals surface area (Å²) in [6, 6.07) is 0.492. The molecule has 10 heavy (non-hydrogen) atoms. The maximum Gasteiger partial charge on any atom is 0.0663 e. The molecule has 0 N–H and O–H groups in total. The quantitative estimate of drug-likeness (QED) is 0.546. The third kappa shape index (κ3) is 1.69. The van der Waals surface area contributed by atoms with Crippen LogP contribution in [0.15, 0.2) is 10.3 Å². The molecule has 1 unspecified atom stereocenters. The van der Waals surface area contributed by atoms with E-state index in [2.05, 4.69) is 31.1 Å². The highest BCUT2D eigenvalue weighted by atomic mass is 15.6. The van der Waals surface area contributed by atoms with Crippen LogP contribution in [0.1, 0.15) is 20.8 Å². The molecule has 0 aromatic rings. The van der Waals surface area contributed by atoms with Crippen LogP contribution in [0.5, 0.6) is 0 Å². The maximum absolute atomic E-state index is 4.04. The third-order valence-electron chi connectivity index (χ3n) is 1.67. The molecule has 1 heterocycles. The fourth-order valence-corrected chi connectivity index (χ4v) is 0.985. The molecule has 3 heteroatoms. The minimum Gasteiger partial charge on any atom is -0.276 e. The topological polar surface area (TPSA) is 28.0 Å². The molecule has 58 valence electrons. The molecule has 0 aromatic carbocycles. The standard InChI is InChI=1S/C7H15N3/c1-6(2)10-5-7(3)4-8-9-10/h6-7H,4-5H2,1-3H3. The van der Waals surface area contributed by atoms with Gasteiger partial charge in [-0.3, -0.25) is 5.01 Å². The van der Waals surface area contributed by atoms with Crippen molar-refractivity contribution in [2.75, 3.05) is 13.1 Å². The minimum atomic E-state index is 0.492. The summed E-state index contributed by atoms with van der Waals surface area (Å²) < 4.78 is 0. The van der Waals surface area contributed by atoms with E-state index in [1.165, 1.54) is 0 Å². The average molecular weight is 141 g/mol. The van der Waals surface area contributed by atoms with E-state index < -0.39 is 0 Å². The molecular formula is C7H15N3. The van der Waals surface area contributed by atoms with Crippen molar-refractivity contribution in [3.05, 3.63) is 0 Å². The van der Waals surface area contributed by atoms with Crippen LogP contribution in [0.4, 0.5) is 0 Å². The zero-order valence-corrected chi connectivity index (χ0v) is 6.91. The molecule has 1 rings (SSSR count). The van der Waals surface area contributed by atoms with Gasteiger partial charge in [-0.1, -0.05) is 12.1 Å². The molecular weight excluding hydrogens is 126 g/mol. The first-order valence-corrected chi connectivity index (χ1v) is 3.84. The predicted octanol–water partition coefficient (Wildman–Crippen LogP) is 1.71. The summed E-state index contributed by atoms with van der Waals surface area (Å²) in [6.45, 7) is 8.42. The van der Waals surface area contributed by atoms with Gasteiger partial charge in [-0.15, -0.1) is 0 Å². The largest absolute Gasteiger partial charge is 0.276 e. The second-order valence-electron chi connectivity index (χ2n) is 3.23. The lowest BCUT2D eigenvalue weighted by molar-refractivity contribution is 0.161. The summed E-state index contributed by atoms with van der Waals surface area (Å²) in [7, 11) is 0. The van der Waals surface area contributed by atoms with Crippen molar-refractivity contribution in [2.24, 2.45) is 16.3 Å². The van der Waals surface area contributed by atoms with Crippen LogP contribution in [0.3, 0.4) is 0 Å². The molecule has 0 fully saturated rings. The van der Waals surface area contributed by atoms with Gasteiger partial charge in [-0.25, -0.2) is 0 Å². The Hall–Kier alpha value is -0.600. The molecule has 0 aromatic heterocycles. The second kappa shape index (κ2) is 2.99. The molecule has 0 saturated carbocycles. The van der Waals surface area contributed by atoms with Gasteiger partial charge in [0.05, 0.1) is 6.54 Å². The van der Waals surface area contributed by atoms with Crippen LogP contribution < -0.4 is 0 Å². The van der Waals surface area contributed by atoms with Crippen molar-refractivity contribution in [2.45, 2.75) is 26.8 Å². The van der Waals surface area contributed by atoms with E-state index in [0.29, 0.717) is 12.0 Å². The predicted molar refractivity (Wildman–Crippen MR) is 40.7 cm³/mol. The number of hydrogen-bond acceptors (Lipinski definition) is 3. The van der Waals surface area contributed by atoms with Crippen molar-refractivity contribution in [3.63, 3.8) is 0 Å². The van der Waals surface area contributed by atoms with Gasteiger partial charge in [0, 0.05) is 12.6 Å². The minimum absolute atomic E-state index is 0.492. The Labute approximate surface area is 62.1 Å². The van der Waals surface area contributed by atoms with Crippen LogP contribution >= 0.6 is 0 Å². The summed E-state index contributed by atoms with van der Waals surface area (Å²) in [5.41, 5.74) is 0. The van der Waals surface area contributed by atoms with Gasteiger partial charge < -0.3 is 0 Å². The average Bonchev–Trinajstić information content (AvgIpc) is 1.88. The van der Waals surface area contributed by atoms with Crippen LogP contribution in [0, 0.1) is 5.92 Å². The number of rotatable bonds is 1. The van der Waals surface area contributed by atoms with Crippen LogP contribution in [0.25, 0.3) is 0 Å². The van der Waals surface area contributed by atoms with Crippen molar-refractivity contribution in [3.8, 4) is 0 Å². The van der Waals surface area contributed by atoms with Gasteiger partial charge in [0.1, 0.15) is 0 Å². The van der Waals surface area contributed by atoms with E-state index in [9.17, 15) is 0 Å². The van der Waals surface area contributed by atoms with E-state index in [1.54, 1.807) is 0 Å². The fraction of sp³-hybridized carbons (Fsp3) is 1.00. The Bertz CT molecular complexity index is 131. The van der Waals surface area contributed by atoms with Crippen LogP contribution in [0.2, 0.25) is 0 Å². The fourth-order valence-electron chi connectivity index (χ4n) is 0.985. The van der Waals surface area contributed by atoms with Crippen LogP contribution in [-0.4, -0.2) is 24.1 Å². The number of nitrogens with zero attached hydrogens (tertiary/aromatic N) is 3. The molecule has 1 atom stereocenters. The number of hydrogen-bond donors (Lipinski definition) is 0. The SMILES string of the molecule is CC1CN=NN(C(C)C)C1. The molecule has 3 nitrogen and oxygen atoms in total. The highest BCUT2D eigenvalue weighted by molar-refractivity contribution is 4.66. The third-order valence-corrected chi connectivity index (χ3v) is 1.67. The van der Waals surface area contributed by atoms with E-state index in [-0.39, 0.29) is 0 Å². The van der Waals surface area contributed by atoms with Crippen molar-refractivity contribution >= 4 is 0 Å². The van der Waals surface area contributed by atoms with E-state index in [0.717, 1.165) is 13.1 Å². The molecule has 1 aliphatic heterocycles. The highest BCUT2D eigenvalue weighted by Crippen LogP contribution is 2.10. The zero-order chi connectivity index (χ0) is 7.56. The Balaban J connectivity index is 2.47. The van der Waals surface area contributed by atoms with E-state index in [1.807, 2.05) is 5.01 Å². The van der Waals surface area contributed by atoms with E-state index >= 15 is 0 Å². The molecule has 0 spiro atoms. The van der Waals surface area contributed by atoms with Gasteiger partial charge in [-0.2, -0.15) is 5.11 Å². The van der Waals surface area contributed by atoms with Gasteiger partial charge in [0.15, 0.2) is 0 Å². The normalized spacial score (nSPS) is 26.0. The Morgan fingerprint density at radius 1 is 1.50 bits per heavy atom. The van der Waals surface area contributed by atoms with Gasteiger partial charge in [-0.05, 0) is 19.8 Å². The molecule has 0 aliphatic carbocycles. The molecule has 0 saturated heterocycles. The first-order valence-electron chi connectivity index (χ1n) is 3.84. The van der Waals surface area contributed by atoms with E-state index in [4.69, 9.17) is 0 Å². The summed E-state index contributed by atoms with van der Waals surface area (Å²) in [4.78, 5) is 0. The molecule has 1 aliphatic rings. The first kappa shape index (κ1) is 7.51. The Morgan fingerprint density at radius 3 is 2.60 bits per heavy atom. The summed E-state index contributed by atoms with van der Waals surface area (Å²) in [5, 5.41) is 10.1. The summed E-state index contributed by atoms with van der Waals surface area (Å²) in [5.74, 6) is 0.667. The lowest BCUT2D eigenvalue weighted by atomic mass is 10.1. The summed E-state index contributed by atoms with van der Waals surface area (Å²) in [6.07, 6.45) is 0. The van der Waals surface area contributed by atoms with Gasteiger partial charge in [0.25, 0.3) is 0 Å². The summed E-state index contributed by atoms with van der Waals surface area (Å²) >= 11 is 0. The Morgan fingerprint density at radius 2 is 2.20 bits per heavy atom. The lowest BCUT2D eigenvalue weighted by Crippen LogP contribution is -2.33. The molecule has 0 radical (unpaired) electrons. The van der Waals surface area contributed by atoms with Crippen molar-refractivity contribution in [1.29, 1.82) is 0 Å². The zero-order valence-electron chi connectivity index (χ0n) is 6.91. The van der Waals surface area contributed by atoms with Gasteiger partial charge in [0.2, 0.25) is 0 Å². The smallest absolute Gasteiger partial charge is 0.0663 e. The van der Waals surface area contributed by atoms with Crippen LogP contribution in [-0.2, 0) is 0 Å². The molecule has 0 amide bonds. The van der Waals surface area contributed by atoms with Gasteiger partial charge >= 0.3 is 0 Å². The maximum atomic E-state index is 4.04. The lowest BCUT2D eigenvalue weighted by Gasteiger charge is -2.27.